The van der Waals surface area contributed by atoms with Gasteiger partial charge in [-0.15, -0.1) is 0 Å². The topological polar surface area (TPSA) is 190 Å². The van der Waals surface area contributed by atoms with Crippen LogP contribution in [-0.4, -0.2) is 0 Å². The third-order valence-electron chi connectivity index (χ3n) is 0. The predicted molar refractivity (Wildman–Crippen MR) is 39.7 cm³/mol. The molecule has 0 aromatic rings. The summed E-state index contributed by atoms with van der Waals surface area (Å²) in [6, 6.07) is 0. The number of rotatable bonds is 0. The summed E-state index contributed by atoms with van der Waals surface area (Å²) in [4.78, 5) is 0. The van der Waals surface area contributed by atoms with E-state index in [1.165, 1.54) is 0 Å². The van der Waals surface area contributed by atoms with Gasteiger partial charge in [-0.3, -0.25) is 0 Å². The Bertz CT molecular complexity index is 148. The molecular formula is C8CuFeN8NiZn. The summed E-state index contributed by atoms with van der Waals surface area (Å²) in [6.45, 7) is 38.0. The van der Waals surface area contributed by atoms with E-state index in [2.05, 4.69) is 0 Å². The molecule has 0 N–H and O–H groups in total. The van der Waals surface area contributed by atoms with E-state index in [1.807, 2.05) is 0 Å². The molecule has 0 rings (SSSR count). The summed E-state index contributed by atoms with van der Waals surface area (Å²) < 4.78 is 0. The molecule has 0 aromatic heterocycles. The van der Waals surface area contributed by atoms with E-state index in [9.17, 15) is 0 Å². The summed E-state index contributed by atoms with van der Waals surface area (Å²) in [5, 5.41) is 50.0. The monoisotopic (exact) mass is 449 g/mol. The number of hydrogen-bond acceptors (Lipinski definition) is 8. The summed E-state index contributed by atoms with van der Waals surface area (Å²) in [6.07, 6.45) is 0. The SMILES string of the molecule is [C-]#N.[C-]#N.[C-]#N.[C-]#N.[C-]#N.[C-]#N.[C-]#N.[C-]#N.[Cu+2].[Fe+2].[Ni+2].[Zn+2]. The molecule has 103 valence electrons. The maximum absolute atomic E-state index is 6.25. The van der Waals surface area contributed by atoms with Crippen molar-refractivity contribution in [2.75, 3.05) is 0 Å². The van der Waals surface area contributed by atoms with Crippen LogP contribution < -0.4 is 0 Å². The van der Waals surface area contributed by atoms with E-state index in [0.717, 1.165) is 0 Å². The molecule has 0 heterocycles. The molecule has 0 bridgehead atoms. The van der Waals surface area contributed by atoms with Crippen molar-refractivity contribution in [3.05, 3.63) is 52.6 Å². The zero-order valence-electron chi connectivity index (χ0n) is 9.26. The van der Waals surface area contributed by atoms with E-state index in [0.29, 0.717) is 0 Å². The Morgan fingerprint density at radius 2 is 0.350 bits per heavy atom. The van der Waals surface area contributed by atoms with Gasteiger partial charge in [0.15, 0.2) is 0 Å². The smallest absolute Gasteiger partial charge is 0.512 e. The van der Waals surface area contributed by atoms with Crippen molar-refractivity contribution in [2.24, 2.45) is 0 Å². The quantitative estimate of drug-likeness (QED) is 0.380. The zero-order valence-corrected chi connectivity index (χ0v) is 15.3. The Hall–Kier alpha value is -1.92. The van der Waals surface area contributed by atoms with E-state index in [-0.39, 0.29) is 70.1 Å². The average Bonchev–Trinajstić information content (AvgIpc) is 2.54. The van der Waals surface area contributed by atoms with Gasteiger partial charge in [0.05, 0.1) is 0 Å². The summed E-state index contributed by atoms with van der Waals surface area (Å²) in [5.74, 6) is 0. The molecular weight excluding hydrogens is 452 g/mol. The van der Waals surface area contributed by atoms with Crippen molar-refractivity contribution < 1.29 is 70.1 Å². The van der Waals surface area contributed by atoms with Crippen LogP contribution in [-0.2, 0) is 70.1 Å². The molecule has 0 aromatic carbocycles. The molecule has 20 heavy (non-hydrogen) atoms. The third kappa shape index (κ3) is 987. The van der Waals surface area contributed by atoms with Crippen LogP contribution in [0.5, 0.6) is 0 Å². The van der Waals surface area contributed by atoms with E-state index in [1.54, 1.807) is 0 Å². The van der Waals surface area contributed by atoms with Gasteiger partial charge in [-0.1, -0.05) is 0 Å². The minimum absolute atomic E-state index is 0. The molecule has 0 aliphatic carbocycles. The van der Waals surface area contributed by atoms with Crippen LogP contribution in [0.25, 0.3) is 0 Å². The molecule has 8 nitrogen and oxygen atoms in total. The van der Waals surface area contributed by atoms with Crippen molar-refractivity contribution in [2.45, 2.75) is 0 Å². The van der Waals surface area contributed by atoms with Crippen LogP contribution in [0.15, 0.2) is 0 Å². The van der Waals surface area contributed by atoms with Crippen molar-refractivity contribution in [1.82, 2.24) is 0 Å². The zero-order chi connectivity index (χ0) is 16.0. The number of hydrogen-bond donors (Lipinski definition) is 0. The molecule has 0 spiro atoms. The fourth-order valence-corrected chi connectivity index (χ4v) is 0. The van der Waals surface area contributed by atoms with Crippen molar-refractivity contribution >= 4 is 0 Å². The van der Waals surface area contributed by atoms with Gasteiger partial charge in [-0.05, 0) is 0 Å². The van der Waals surface area contributed by atoms with Crippen molar-refractivity contribution in [3.8, 4) is 0 Å². The van der Waals surface area contributed by atoms with Gasteiger partial charge in [0, 0.05) is 0 Å². The molecule has 0 unspecified atom stereocenters. The predicted octanol–water partition coefficient (Wildman–Crippen LogP) is 0.761. The molecule has 0 amide bonds. The molecule has 1 radical (unpaired) electrons. The van der Waals surface area contributed by atoms with Gasteiger partial charge in [0.25, 0.3) is 0 Å². The normalized spacial score (nSPS) is 0.800. The van der Waals surface area contributed by atoms with E-state index >= 15 is 0 Å². The van der Waals surface area contributed by atoms with Crippen molar-refractivity contribution in [1.29, 1.82) is 42.1 Å². The molecule has 0 aliphatic heterocycles. The summed E-state index contributed by atoms with van der Waals surface area (Å²) >= 11 is 0. The molecule has 0 fully saturated rings. The third-order valence-corrected chi connectivity index (χ3v) is 0. The van der Waals surface area contributed by atoms with Gasteiger partial charge in [-0.25, -0.2) is 0 Å². The Balaban J connectivity index is -0.00000000356. The van der Waals surface area contributed by atoms with Crippen LogP contribution >= 0.6 is 0 Å². The van der Waals surface area contributed by atoms with Gasteiger partial charge in [-0.2, -0.15) is 0 Å². The van der Waals surface area contributed by atoms with E-state index in [4.69, 9.17) is 94.7 Å². The van der Waals surface area contributed by atoms with Crippen LogP contribution in [0.3, 0.4) is 0 Å². The van der Waals surface area contributed by atoms with Crippen LogP contribution in [0.1, 0.15) is 0 Å². The Labute approximate surface area is 164 Å². The maximum Gasteiger partial charge on any atom is 2.00 e. The fraction of sp³-hybridized carbons (Fsp3) is 0. The first-order valence-corrected chi connectivity index (χ1v) is 1.79. The first kappa shape index (κ1) is 143. The van der Waals surface area contributed by atoms with Gasteiger partial charge < -0.3 is 94.7 Å². The van der Waals surface area contributed by atoms with Crippen LogP contribution in [0, 0.1) is 94.7 Å². The Morgan fingerprint density at radius 3 is 0.350 bits per heavy atom. The molecule has 0 saturated carbocycles. The minimum atomic E-state index is 0. The molecule has 0 atom stereocenters. The Kier molecular flexibility index (Phi) is 8510. The largest absolute Gasteiger partial charge is 2.00 e. The van der Waals surface area contributed by atoms with Gasteiger partial charge >= 0.3 is 70.1 Å². The number of nitrogens with zero attached hydrogens (tertiary/aromatic N) is 8. The summed E-state index contributed by atoms with van der Waals surface area (Å²) in [5.41, 5.74) is 0. The van der Waals surface area contributed by atoms with Crippen molar-refractivity contribution in [3.63, 3.8) is 0 Å². The second kappa shape index (κ2) is 1190. The molecule has 0 aliphatic rings. The average molecular weight is 452 g/mol. The first-order chi connectivity index (χ1) is 8.00. The second-order valence-electron chi connectivity index (χ2n) is 0. The second-order valence-corrected chi connectivity index (χ2v) is 0. The minimum Gasteiger partial charge on any atom is -0.512 e. The maximum atomic E-state index is 6.25. The van der Waals surface area contributed by atoms with Gasteiger partial charge in [0.1, 0.15) is 0 Å². The Morgan fingerprint density at radius 1 is 0.350 bits per heavy atom. The van der Waals surface area contributed by atoms with Crippen LogP contribution in [0.4, 0.5) is 0 Å². The molecule has 0 saturated heterocycles. The molecule has 12 heteroatoms. The van der Waals surface area contributed by atoms with Gasteiger partial charge in [0.2, 0.25) is 0 Å². The first-order valence-electron chi connectivity index (χ1n) is 1.79. The van der Waals surface area contributed by atoms with E-state index < -0.39 is 0 Å². The van der Waals surface area contributed by atoms with Crippen LogP contribution in [0.2, 0.25) is 0 Å². The summed E-state index contributed by atoms with van der Waals surface area (Å²) in [7, 11) is 0. The fourth-order valence-electron chi connectivity index (χ4n) is 0. The standard InChI is InChI=1S/8CN.Cu.Fe.Ni.Zn/c8*1-2;;;;/q8*-1;4*+2.